The minimum Gasteiger partial charge on any atom is -0.484 e. The molecule has 0 spiro atoms. The summed E-state index contributed by atoms with van der Waals surface area (Å²) in [7, 11) is 0. The highest BCUT2D eigenvalue weighted by molar-refractivity contribution is 5.77. The summed E-state index contributed by atoms with van der Waals surface area (Å²) in [6.07, 6.45) is 0. The van der Waals surface area contributed by atoms with Crippen molar-refractivity contribution in [1.29, 1.82) is 0 Å². The Kier molecular flexibility index (Phi) is 6.02. The number of hydrogen-bond acceptors (Lipinski definition) is 4. The summed E-state index contributed by atoms with van der Waals surface area (Å²) in [4.78, 5) is 16.4. The highest BCUT2D eigenvalue weighted by Gasteiger charge is 2.21. The molecule has 1 aromatic carbocycles. The number of carbonyl (C=O) groups is 1. The van der Waals surface area contributed by atoms with Crippen LogP contribution in [0.5, 0.6) is 5.75 Å². The SMILES string of the molecule is CC(CN)CN1CCN(C(=O)COc2ccccc2)CC1. The molecule has 1 aliphatic heterocycles. The van der Waals surface area contributed by atoms with Gasteiger partial charge < -0.3 is 15.4 Å². The van der Waals surface area contributed by atoms with Gasteiger partial charge in [0.1, 0.15) is 5.75 Å². The van der Waals surface area contributed by atoms with Gasteiger partial charge in [0.25, 0.3) is 5.91 Å². The van der Waals surface area contributed by atoms with Crippen molar-refractivity contribution in [3.63, 3.8) is 0 Å². The van der Waals surface area contributed by atoms with Gasteiger partial charge in [0.05, 0.1) is 0 Å². The number of hydrogen-bond donors (Lipinski definition) is 1. The van der Waals surface area contributed by atoms with E-state index in [9.17, 15) is 4.79 Å². The average Bonchev–Trinajstić information content (AvgIpc) is 2.54. The standard InChI is InChI=1S/C16H25N3O2/c1-14(11-17)12-18-7-9-19(10-8-18)16(20)13-21-15-5-3-2-4-6-15/h2-6,14H,7-13,17H2,1H3. The number of rotatable bonds is 6. The molecule has 0 saturated carbocycles. The zero-order chi connectivity index (χ0) is 15.1. The van der Waals surface area contributed by atoms with Crippen LogP contribution in [-0.4, -0.2) is 61.6 Å². The number of amides is 1. The van der Waals surface area contributed by atoms with E-state index in [-0.39, 0.29) is 12.5 Å². The predicted octanol–water partition coefficient (Wildman–Crippen LogP) is 0.804. The zero-order valence-electron chi connectivity index (χ0n) is 12.7. The molecule has 0 aliphatic carbocycles. The molecule has 1 saturated heterocycles. The molecule has 1 atom stereocenters. The van der Waals surface area contributed by atoms with Gasteiger partial charge in [0.15, 0.2) is 6.61 Å². The van der Waals surface area contributed by atoms with E-state index >= 15 is 0 Å². The Labute approximate surface area is 126 Å². The second-order valence-electron chi connectivity index (χ2n) is 5.62. The molecule has 1 fully saturated rings. The van der Waals surface area contributed by atoms with Crippen molar-refractivity contribution in [3.8, 4) is 5.75 Å². The molecule has 0 radical (unpaired) electrons. The quantitative estimate of drug-likeness (QED) is 0.842. The molecule has 21 heavy (non-hydrogen) atoms. The van der Waals surface area contributed by atoms with Crippen LogP contribution < -0.4 is 10.5 Å². The normalized spacial score (nSPS) is 17.5. The molecular formula is C16H25N3O2. The maximum atomic E-state index is 12.1. The average molecular weight is 291 g/mol. The van der Waals surface area contributed by atoms with Crippen LogP contribution in [0.3, 0.4) is 0 Å². The number of benzene rings is 1. The molecule has 2 N–H and O–H groups in total. The second-order valence-corrected chi connectivity index (χ2v) is 5.62. The fourth-order valence-electron chi connectivity index (χ4n) is 2.45. The van der Waals surface area contributed by atoms with Crippen LogP contribution in [0.1, 0.15) is 6.92 Å². The molecule has 1 aliphatic rings. The summed E-state index contributed by atoms with van der Waals surface area (Å²) in [5.41, 5.74) is 5.65. The van der Waals surface area contributed by atoms with Crippen molar-refractivity contribution in [2.45, 2.75) is 6.92 Å². The summed E-state index contributed by atoms with van der Waals surface area (Å²) < 4.78 is 5.51. The first kappa shape index (κ1) is 15.8. The lowest BCUT2D eigenvalue weighted by atomic mass is 10.1. The predicted molar refractivity (Wildman–Crippen MR) is 83.2 cm³/mol. The van der Waals surface area contributed by atoms with Crippen LogP contribution in [-0.2, 0) is 4.79 Å². The molecule has 1 amide bonds. The van der Waals surface area contributed by atoms with Crippen molar-refractivity contribution in [2.75, 3.05) is 45.9 Å². The third-order valence-corrected chi connectivity index (χ3v) is 3.80. The Morgan fingerprint density at radius 3 is 2.52 bits per heavy atom. The van der Waals surface area contributed by atoms with Crippen LogP contribution in [0, 0.1) is 5.92 Å². The minimum atomic E-state index is 0.0605. The van der Waals surface area contributed by atoms with Gasteiger partial charge in [-0.25, -0.2) is 0 Å². The van der Waals surface area contributed by atoms with Gasteiger partial charge in [0, 0.05) is 32.7 Å². The molecule has 116 valence electrons. The number of para-hydroxylation sites is 1. The van der Waals surface area contributed by atoms with Crippen molar-refractivity contribution >= 4 is 5.91 Å². The molecule has 0 bridgehead atoms. The fraction of sp³-hybridized carbons (Fsp3) is 0.562. The van der Waals surface area contributed by atoms with Gasteiger partial charge >= 0.3 is 0 Å². The summed E-state index contributed by atoms with van der Waals surface area (Å²) >= 11 is 0. The van der Waals surface area contributed by atoms with E-state index in [2.05, 4.69) is 11.8 Å². The topological polar surface area (TPSA) is 58.8 Å². The molecule has 1 aromatic rings. The number of piperazine rings is 1. The third kappa shape index (κ3) is 5.02. The maximum absolute atomic E-state index is 12.1. The van der Waals surface area contributed by atoms with Gasteiger partial charge in [-0.05, 0) is 24.6 Å². The number of carbonyl (C=O) groups excluding carboxylic acids is 1. The van der Waals surface area contributed by atoms with Gasteiger partial charge in [-0.2, -0.15) is 0 Å². The van der Waals surface area contributed by atoms with E-state index in [4.69, 9.17) is 10.5 Å². The smallest absolute Gasteiger partial charge is 0.260 e. The lowest BCUT2D eigenvalue weighted by Gasteiger charge is -2.35. The Morgan fingerprint density at radius 1 is 1.24 bits per heavy atom. The van der Waals surface area contributed by atoms with Crippen molar-refractivity contribution in [2.24, 2.45) is 11.7 Å². The molecule has 2 rings (SSSR count). The highest BCUT2D eigenvalue weighted by Crippen LogP contribution is 2.09. The van der Waals surface area contributed by atoms with E-state index in [1.165, 1.54) is 0 Å². The number of ether oxygens (including phenoxy) is 1. The fourth-order valence-corrected chi connectivity index (χ4v) is 2.45. The van der Waals surface area contributed by atoms with E-state index in [0.717, 1.165) is 38.5 Å². The third-order valence-electron chi connectivity index (χ3n) is 3.80. The van der Waals surface area contributed by atoms with Gasteiger partial charge in [-0.3, -0.25) is 9.69 Å². The van der Waals surface area contributed by atoms with Crippen molar-refractivity contribution in [1.82, 2.24) is 9.80 Å². The van der Waals surface area contributed by atoms with Crippen LogP contribution in [0.4, 0.5) is 0 Å². The Bertz CT molecular complexity index is 430. The Balaban J connectivity index is 1.70. The molecule has 1 heterocycles. The van der Waals surface area contributed by atoms with Gasteiger partial charge in [-0.15, -0.1) is 0 Å². The van der Waals surface area contributed by atoms with E-state index in [0.29, 0.717) is 12.5 Å². The van der Waals surface area contributed by atoms with Crippen LogP contribution in [0.2, 0.25) is 0 Å². The summed E-state index contributed by atoms with van der Waals surface area (Å²) in [5, 5.41) is 0. The largest absolute Gasteiger partial charge is 0.484 e. The number of nitrogens with two attached hydrogens (primary N) is 1. The molecule has 1 unspecified atom stereocenters. The monoisotopic (exact) mass is 291 g/mol. The Morgan fingerprint density at radius 2 is 1.90 bits per heavy atom. The maximum Gasteiger partial charge on any atom is 0.260 e. The first-order valence-electron chi connectivity index (χ1n) is 7.57. The molecule has 5 heteroatoms. The van der Waals surface area contributed by atoms with Crippen molar-refractivity contribution < 1.29 is 9.53 Å². The molecular weight excluding hydrogens is 266 g/mol. The van der Waals surface area contributed by atoms with Crippen LogP contribution >= 0.6 is 0 Å². The Hall–Kier alpha value is -1.59. The lowest BCUT2D eigenvalue weighted by molar-refractivity contribution is -0.135. The van der Waals surface area contributed by atoms with Gasteiger partial charge in [-0.1, -0.05) is 25.1 Å². The number of nitrogens with zero attached hydrogens (tertiary/aromatic N) is 2. The molecule has 5 nitrogen and oxygen atoms in total. The van der Waals surface area contributed by atoms with Crippen LogP contribution in [0.25, 0.3) is 0 Å². The summed E-state index contributed by atoms with van der Waals surface area (Å²) in [5.74, 6) is 1.31. The summed E-state index contributed by atoms with van der Waals surface area (Å²) in [6.45, 7) is 7.38. The summed E-state index contributed by atoms with van der Waals surface area (Å²) in [6, 6.07) is 9.45. The zero-order valence-corrected chi connectivity index (χ0v) is 12.7. The first-order chi connectivity index (χ1) is 10.2. The van der Waals surface area contributed by atoms with E-state index in [1.807, 2.05) is 35.2 Å². The van der Waals surface area contributed by atoms with Crippen molar-refractivity contribution in [3.05, 3.63) is 30.3 Å². The minimum absolute atomic E-state index is 0.0605. The van der Waals surface area contributed by atoms with E-state index in [1.54, 1.807) is 0 Å². The van der Waals surface area contributed by atoms with E-state index < -0.39 is 0 Å². The lowest BCUT2D eigenvalue weighted by Crippen LogP contribution is -2.51. The second kappa shape index (κ2) is 8.00. The molecule has 0 aromatic heterocycles. The van der Waals surface area contributed by atoms with Crippen LogP contribution in [0.15, 0.2) is 30.3 Å². The highest BCUT2D eigenvalue weighted by atomic mass is 16.5. The van der Waals surface area contributed by atoms with Gasteiger partial charge in [0.2, 0.25) is 0 Å². The first-order valence-corrected chi connectivity index (χ1v) is 7.57.